The number of pyridine rings is 2. The van der Waals surface area contributed by atoms with Crippen molar-refractivity contribution in [2.45, 2.75) is 0 Å². The summed E-state index contributed by atoms with van der Waals surface area (Å²) in [6.07, 6.45) is 5.95. The number of hydrogen-bond donors (Lipinski definition) is 1. The number of aromatic nitrogens is 4. The molecule has 2 N–H and O–H groups in total. The summed E-state index contributed by atoms with van der Waals surface area (Å²) in [4.78, 5) is 8.02. The quantitative estimate of drug-likeness (QED) is 0.782. The van der Waals surface area contributed by atoms with Gasteiger partial charge in [-0.05, 0) is 34.1 Å². The Kier molecular flexibility index (Phi) is 3.19. The maximum Gasteiger partial charge on any atom is 0.153 e. The molecule has 3 aromatic heterocycles. The summed E-state index contributed by atoms with van der Waals surface area (Å²) in [5, 5.41) is 4.33. The van der Waals surface area contributed by atoms with Crippen LogP contribution < -0.4 is 5.73 Å². The van der Waals surface area contributed by atoms with Gasteiger partial charge in [-0.25, -0.2) is 14.1 Å². The Balaban J connectivity index is 2.05. The van der Waals surface area contributed by atoms with E-state index in [2.05, 4.69) is 31.0 Å². The van der Waals surface area contributed by atoms with E-state index < -0.39 is 5.82 Å². The van der Waals surface area contributed by atoms with Crippen LogP contribution >= 0.6 is 15.9 Å². The third kappa shape index (κ3) is 2.39. The molecule has 100 valence electrons. The molecular weight excluding hydrogens is 325 g/mol. The molecule has 20 heavy (non-hydrogen) atoms. The number of nitrogens with zero attached hydrogens (tertiary/aromatic N) is 4. The summed E-state index contributed by atoms with van der Waals surface area (Å²) in [6.45, 7) is 0. The van der Waals surface area contributed by atoms with Gasteiger partial charge in [0.25, 0.3) is 0 Å². The van der Waals surface area contributed by atoms with Crippen molar-refractivity contribution >= 4 is 21.6 Å². The van der Waals surface area contributed by atoms with Gasteiger partial charge in [0.2, 0.25) is 0 Å². The zero-order chi connectivity index (χ0) is 14.1. The molecule has 3 aromatic rings. The van der Waals surface area contributed by atoms with Crippen LogP contribution in [0.5, 0.6) is 0 Å². The number of nitrogen functional groups attached to an aromatic ring is 1. The van der Waals surface area contributed by atoms with Gasteiger partial charge < -0.3 is 5.73 Å². The first-order chi connectivity index (χ1) is 9.63. The first-order valence-electron chi connectivity index (χ1n) is 5.71. The van der Waals surface area contributed by atoms with E-state index in [-0.39, 0.29) is 0 Å². The second-order valence-electron chi connectivity index (χ2n) is 4.10. The highest BCUT2D eigenvalue weighted by Crippen LogP contribution is 2.25. The highest BCUT2D eigenvalue weighted by atomic mass is 79.9. The van der Waals surface area contributed by atoms with Crippen LogP contribution in [0.15, 0.2) is 47.5 Å². The summed E-state index contributed by atoms with van der Waals surface area (Å²) in [7, 11) is 0. The molecule has 0 saturated carbocycles. The largest absolute Gasteiger partial charge is 0.396 e. The lowest BCUT2D eigenvalue weighted by atomic mass is 10.2. The van der Waals surface area contributed by atoms with Gasteiger partial charge in [-0.1, -0.05) is 0 Å². The van der Waals surface area contributed by atoms with Gasteiger partial charge in [0.1, 0.15) is 11.5 Å². The van der Waals surface area contributed by atoms with E-state index in [4.69, 9.17) is 5.73 Å². The molecule has 0 spiro atoms. The van der Waals surface area contributed by atoms with Gasteiger partial charge in [0.05, 0.1) is 18.1 Å². The molecule has 3 rings (SSSR count). The van der Waals surface area contributed by atoms with E-state index in [9.17, 15) is 4.39 Å². The van der Waals surface area contributed by atoms with Gasteiger partial charge in [-0.2, -0.15) is 5.10 Å². The molecule has 0 aromatic carbocycles. The summed E-state index contributed by atoms with van der Waals surface area (Å²) in [5.41, 5.74) is 7.35. The Morgan fingerprint density at radius 3 is 2.75 bits per heavy atom. The normalized spacial score (nSPS) is 10.7. The molecule has 0 unspecified atom stereocenters. The lowest BCUT2D eigenvalue weighted by molar-refractivity contribution is 0.622. The van der Waals surface area contributed by atoms with Crippen LogP contribution in [-0.2, 0) is 0 Å². The topological polar surface area (TPSA) is 69.6 Å². The van der Waals surface area contributed by atoms with Crippen molar-refractivity contribution < 1.29 is 4.39 Å². The predicted octanol–water partition coefficient (Wildman–Crippen LogP) is 2.81. The van der Waals surface area contributed by atoms with Crippen molar-refractivity contribution in [3.63, 3.8) is 0 Å². The molecule has 0 aliphatic heterocycles. The number of halogens is 2. The van der Waals surface area contributed by atoms with E-state index >= 15 is 0 Å². The highest BCUT2D eigenvalue weighted by molar-refractivity contribution is 9.10. The van der Waals surface area contributed by atoms with Crippen LogP contribution in [0.3, 0.4) is 0 Å². The highest BCUT2D eigenvalue weighted by Gasteiger charge is 2.11. The molecular formula is C13H9BrFN5. The van der Waals surface area contributed by atoms with E-state index in [1.807, 2.05) is 6.07 Å². The van der Waals surface area contributed by atoms with Crippen molar-refractivity contribution in [3.05, 3.63) is 53.3 Å². The van der Waals surface area contributed by atoms with E-state index in [1.165, 1.54) is 12.3 Å². The fourth-order valence-corrected chi connectivity index (χ4v) is 2.01. The third-order valence-corrected chi connectivity index (χ3v) is 3.14. The maximum atomic E-state index is 13.2. The number of anilines is 1. The molecule has 7 heteroatoms. The SMILES string of the molecule is Nc1cn(-c2ccc(Br)cn2)nc1-c1cncc(F)c1. The Hall–Kier alpha value is -2.28. The first-order valence-corrected chi connectivity index (χ1v) is 6.51. The monoisotopic (exact) mass is 333 g/mol. The zero-order valence-corrected chi connectivity index (χ0v) is 11.7. The molecule has 0 radical (unpaired) electrons. The first kappa shape index (κ1) is 12.7. The molecule has 0 atom stereocenters. The van der Waals surface area contributed by atoms with Crippen molar-refractivity contribution in [1.82, 2.24) is 19.7 Å². The minimum atomic E-state index is -0.432. The van der Waals surface area contributed by atoms with Crippen LogP contribution in [0, 0.1) is 5.82 Å². The Labute approximate surface area is 122 Å². The van der Waals surface area contributed by atoms with Crippen molar-refractivity contribution in [3.8, 4) is 17.1 Å². The second kappa shape index (κ2) is 5.01. The van der Waals surface area contributed by atoms with E-state index in [1.54, 1.807) is 23.1 Å². The van der Waals surface area contributed by atoms with Gasteiger partial charge >= 0.3 is 0 Å². The minimum Gasteiger partial charge on any atom is -0.396 e. The van der Waals surface area contributed by atoms with E-state index in [0.29, 0.717) is 22.8 Å². The molecule has 0 aliphatic rings. The van der Waals surface area contributed by atoms with Gasteiger partial charge in [-0.3, -0.25) is 4.98 Å². The molecule has 0 bridgehead atoms. The fraction of sp³-hybridized carbons (Fsp3) is 0. The smallest absolute Gasteiger partial charge is 0.153 e. The van der Waals surface area contributed by atoms with Crippen LogP contribution in [0.4, 0.5) is 10.1 Å². The second-order valence-corrected chi connectivity index (χ2v) is 5.02. The molecule has 5 nitrogen and oxygen atoms in total. The fourth-order valence-electron chi connectivity index (χ4n) is 1.77. The summed E-state index contributed by atoms with van der Waals surface area (Å²) in [5.74, 6) is 0.189. The maximum absolute atomic E-state index is 13.2. The van der Waals surface area contributed by atoms with Gasteiger partial charge in [0, 0.05) is 22.4 Å². The van der Waals surface area contributed by atoms with Crippen molar-refractivity contribution in [2.75, 3.05) is 5.73 Å². The Morgan fingerprint density at radius 2 is 2.05 bits per heavy atom. The number of rotatable bonds is 2. The Bertz CT molecular complexity index is 754. The Morgan fingerprint density at radius 1 is 1.20 bits per heavy atom. The molecule has 3 heterocycles. The molecule has 0 fully saturated rings. The standard InChI is InChI=1S/C13H9BrFN5/c14-9-1-2-12(18-5-9)20-7-11(16)13(19-20)8-3-10(15)6-17-4-8/h1-7H,16H2. The van der Waals surface area contributed by atoms with Crippen LogP contribution in [0.2, 0.25) is 0 Å². The number of nitrogens with two attached hydrogens (primary N) is 1. The van der Waals surface area contributed by atoms with Gasteiger partial charge in [0.15, 0.2) is 5.82 Å². The lowest BCUT2D eigenvalue weighted by Gasteiger charge is -2.00. The van der Waals surface area contributed by atoms with Crippen LogP contribution in [0.25, 0.3) is 17.1 Å². The number of hydrogen-bond acceptors (Lipinski definition) is 4. The van der Waals surface area contributed by atoms with Gasteiger partial charge in [-0.15, -0.1) is 0 Å². The summed E-state index contributed by atoms with van der Waals surface area (Å²) >= 11 is 3.32. The third-order valence-electron chi connectivity index (χ3n) is 2.67. The lowest BCUT2D eigenvalue weighted by Crippen LogP contribution is -1.97. The van der Waals surface area contributed by atoms with Crippen molar-refractivity contribution in [2.24, 2.45) is 0 Å². The summed E-state index contributed by atoms with van der Waals surface area (Å²) < 4.78 is 15.6. The van der Waals surface area contributed by atoms with Crippen LogP contribution in [0.1, 0.15) is 0 Å². The zero-order valence-electron chi connectivity index (χ0n) is 10.2. The minimum absolute atomic E-state index is 0.432. The van der Waals surface area contributed by atoms with E-state index in [0.717, 1.165) is 10.7 Å². The van der Waals surface area contributed by atoms with Crippen LogP contribution in [-0.4, -0.2) is 19.7 Å². The molecule has 0 aliphatic carbocycles. The predicted molar refractivity (Wildman–Crippen MR) is 76.7 cm³/mol. The molecule has 0 saturated heterocycles. The van der Waals surface area contributed by atoms with Crippen molar-refractivity contribution in [1.29, 1.82) is 0 Å². The summed E-state index contributed by atoms with van der Waals surface area (Å²) in [6, 6.07) is 4.98. The average Bonchev–Trinajstić information content (AvgIpc) is 2.82. The average molecular weight is 334 g/mol. The molecule has 0 amide bonds.